The van der Waals surface area contributed by atoms with Crippen molar-refractivity contribution in [2.75, 3.05) is 11.9 Å². The first-order valence-corrected chi connectivity index (χ1v) is 14.4. The average molecular weight is 569 g/mol. The van der Waals surface area contributed by atoms with Gasteiger partial charge in [0.15, 0.2) is 5.78 Å². The second-order valence-corrected chi connectivity index (χ2v) is 10.9. The SMILES string of the molecule is NCC[C@H](NC(=O)[C@@H]1Cc2ccccc2CN1C(=O)CCC(=O)c1ccccc1)C(=O)Nc1cc2c(cc1O)CCC2. The van der Waals surface area contributed by atoms with E-state index in [0.29, 0.717) is 11.3 Å². The Kier molecular flexibility index (Phi) is 8.97. The maximum Gasteiger partial charge on any atom is 0.247 e. The number of amides is 3. The lowest BCUT2D eigenvalue weighted by Crippen LogP contribution is -2.56. The van der Waals surface area contributed by atoms with Gasteiger partial charge < -0.3 is 26.4 Å². The van der Waals surface area contributed by atoms with E-state index in [-0.39, 0.29) is 56.2 Å². The summed E-state index contributed by atoms with van der Waals surface area (Å²) in [6.07, 6.45) is 3.21. The van der Waals surface area contributed by atoms with E-state index >= 15 is 0 Å². The number of nitrogens with two attached hydrogens (primary N) is 1. The van der Waals surface area contributed by atoms with Gasteiger partial charge in [-0.1, -0.05) is 54.6 Å². The summed E-state index contributed by atoms with van der Waals surface area (Å²) in [6.45, 7) is 0.371. The molecule has 1 heterocycles. The van der Waals surface area contributed by atoms with Crippen LogP contribution in [0.4, 0.5) is 5.69 Å². The van der Waals surface area contributed by atoms with Crippen LogP contribution >= 0.6 is 0 Å². The van der Waals surface area contributed by atoms with E-state index in [1.54, 1.807) is 36.4 Å². The molecule has 42 heavy (non-hydrogen) atoms. The molecule has 3 aromatic rings. The number of anilines is 1. The molecule has 0 saturated heterocycles. The highest BCUT2D eigenvalue weighted by Gasteiger charge is 2.36. The summed E-state index contributed by atoms with van der Waals surface area (Å²) in [4.78, 5) is 54.6. The molecule has 3 aromatic carbocycles. The normalized spacial score (nSPS) is 16.2. The number of hydrogen-bond donors (Lipinski definition) is 4. The molecule has 5 rings (SSSR count). The number of nitrogens with zero attached hydrogens (tertiary/aromatic N) is 1. The minimum Gasteiger partial charge on any atom is -0.506 e. The fourth-order valence-electron chi connectivity index (χ4n) is 5.79. The zero-order valence-corrected chi connectivity index (χ0v) is 23.5. The maximum atomic E-state index is 13.7. The summed E-state index contributed by atoms with van der Waals surface area (Å²) < 4.78 is 0. The first kappa shape index (κ1) is 29.0. The summed E-state index contributed by atoms with van der Waals surface area (Å²) in [5.74, 6) is -1.44. The molecular weight excluding hydrogens is 532 g/mol. The van der Waals surface area contributed by atoms with Gasteiger partial charge in [0, 0.05) is 31.4 Å². The molecule has 2 aliphatic rings. The summed E-state index contributed by atoms with van der Waals surface area (Å²) in [7, 11) is 0. The van der Waals surface area contributed by atoms with Crippen molar-refractivity contribution in [3.63, 3.8) is 0 Å². The Morgan fingerprint density at radius 1 is 0.905 bits per heavy atom. The summed E-state index contributed by atoms with van der Waals surface area (Å²) in [6, 6.07) is 18.1. The number of hydrogen-bond acceptors (Lipinski definition) is 6. The second-order valence-electron chi connectivity index (χ2n) is 10.9. The first-order valence-electron chi connectivity index (χ1n) is 14.4. The van der Waals surface area contributed by atoms with E-state index in [2.05, 4.69) is 10.6 Å². The van der Waals surface area contributed by atoms with Crippen molar-refractivity contribution in [2.45, 2.75) is 63.6 Å². The molecule has 0 saturated carbocycles. The molecule has 0 fully saturated rings. The number of phenolic OH excluding ortho intramolecular Hbond substituents is 1. The van der Waals surface area contributed by atoms with Gasteiger partial charge in [0.1, 0.15) is 17.8 Å². The predicted octanol–water partition coefficient (Wildman–Crippen LogP) is 3.27. The molecule has 9 nitrogen and oxygen atoms in total. The smallest absolute Gasteiger partial charge is 0.247 e. The number of benzene rings is 3. The molecule has 2 atom stereocenters. The van der Waals surface area contributed by atoms with Crippen molar-refractivity contribution in [3.05, 3.63) is 94.5 Å². The lowest BCUT2D eigenvalue weighted by Gasteiger charge is -2.36. The summed E-state index contributed by atoms with van der Waals surface area (Å²) in [5.41, 5.74) is 10.7. The summed E-state index contributed by atoms with van der Waals surface area (Å²) >= 11 is 0. The molecule has 0 spiro atoms. The number of carbonyl (C=O) groups is 4. The number of Topliss-reactive ketones (excluding diaryl/α,β-unsaturated/α-hetero) is 1. The van der Waals surface area contributed by atoms with Crippen molar-refractivity contribution in [1.82, 2.24) is 10.2 Å². The number of rotatable bonds is 10. The lowest BCUT2D eigenvalue weighted by molar-refractivity contribution is -0.142. The number of nitrogens with one attached hydrogen (secondary N) is 2. The van der Waals surface area contributed by atoms with E-state index in [1.165, 1.54) is 4.90 Å². The molecule has 0 radical (unpaired) electrons. The molecule has 0 unspecified atom stereocenters. The zero-order chi connectivity index (χ0) is 29.6. The van der Waals surface area contributed by atoms with Crippen LogP contribution in [-0.2, 0) is 40.2 Å². The van der Waals surface area contributed by atoms with Crippen molar-refractivity contribution in [1.29, 1.82) is 0 Å². The number of aryl methyl sites for hydroxylation is 2. The molecule has 5 N–H and O–H groups in total. The van der Waals surface area contributed by atoms with Crippen LogP contribution in [0.1, 0.15) is 58.3 Å². The monoisotopic (exact) mass is 568 g/mol. The third-order valence-electron chi connectivity index (χ3n) is 8.09. The Balaban J connectivity index is 1.30. The zero-order valence-electron chi connectivity index (χ0n) is 23.5. The molecule has 0 aromatic heterocycles. The van der Waals surface area contributed by atoms with Crippen LogP contribution in [0.3, 0.4) is 0 Å². The first-order chi connectivity index (χ1) is 20.3. The van der Waals surface area contributed by atoms with Gasteiger partial charge in [-0.25, -0.2) is 0 Å². The van der Waals surface area contributed by atoms with E-state index in [9.17, 15) is 24.3 Å². The van der Waals surface area contributed by atoms with Crippen molar-refractivity contribution >= 4 is 29.2 Å². The fraction of sp³-hybridized carbons (Fsp3) is 0.333. The van der Waals surface area contributed by atoms with E-state index in [4.69, 9.17) is 5.73 Å². The molecule has 9 heteroatoms. The number of fused-ring (bicyclic) bond motifs is 2. The number of phenols is 1. The van der Waals surface area contributed by atoms with Gasteiger partial charge in [-0.3, -0.25) is 19.2 Å². The van der Waals surface area contributed by atoms with Crippen molar-refractivity contribution < 1.29 is 24.3 Å². The van der Waals surface area contributed by atoms with Crippen molar-refractivity contribution in [3.8, 4) is 5.75 Å². The van der Waals surface area contributed by atoms with E-state index < -0.39 is 23.9 Å². The van der Waals surface area contributed by atoms with E-state index in [1.807, 2.05) is 30.3 Å². The largest absolute Gasteiger partial charge is 0.506 e. The quantitative estimate of drug-likeness (QED) is 0.219. The molecule has 1 aliphatic heterocycles. The fourth-order valence-corrected chi connectivity index (χ4v) is 5.79. The minimum atomic E-state index is -0.969. The highest BCUT2D eigenvalue weighted by molar-refractivity contribution is 6.00. The van der Waals surface area contributed by atoms with Gasteiger partial charge in [-0.05, 0) is 66.6 Å². The van der Waals surface area contributed by atoms with Gasteiger partial charge in [0.05, 0.1) is 5.69 Å². The summed E-state index contributed by atoms with van der Waals surface area (Å²) in [5, 5.41) is 16.0. The highest BCUT2D eigenvalue weighted by Crippen LogP contribution is 2.32. The van der Waals surface area contributed by atoms with Crippen LogP contribution in [0.25, 0.3) is 0 Å². The topological polar surface area (TPSA) is 142 Å². The highest BCUT2D eigenvalue weighted by atomic mass is 16.3. The number of aromatic hydroxyl groups is 1. The van der Waals surface area contributed by atoms with Gasteiger partial charge in [0.25, 0.3) is 0 Å². The van der Waals surface area contributed by atoms with Crippen molar-refractivity contribution in [2.24, 2.45) is 5.73 Å². The Morgan fingerprint density at radius 3 is 2.33 bits per heavy atom. The minimum absolute atomic E-state index is 0.0208. The van der Waals surface area contributed by atoms with Gasteiger partial charge >= 0.3 is 0 Å². The Morgan fingerprint density at radius 2 is 1.60 bits per heavy atom. The Labute approximate surface area is 245 Å². The third kappa shape index (κ3) is 6.52. The van der Waals surface area contributed by atoms with Crippen LogP contribution in [0, 0.1) is 0 Å². The second kappa shape index (κ2) is 13.0. The Hall–Kier alpha value is -4.50. The van der Waals surface area contributed by atoms with Gasteiger partial charge in [-0.2, -0.15) is 0 Å². The van der Waals surface area contributed by atoms with Crippen LogP contribution < -0.4 is 16.4 Å². The lowest BCUT2D eigenvalue weighted by atomic mass is 9.92. The van der Waals surface area contributed by atoms with Crippen LogP contribution in [0.5, 0.6) is 5.75 Å². The predicted molar refractivity (Wildman–Crippen MR) is 159 cm³/mol. The standard InChI is InChI=1S/C33H36N4O5/c34-16-15-26(32(41)36-27-17-22-11-6-12-24(22)19-30(27)39)35-33(42)28-18-23-9-4-5-10-25(23)20-37(28)31(40)14-13-29(38)21-7-2-1-3-8-21/h1-5,7-10,17,19,26,28,39H,6,11-16,18,20,34H2,(H,35,42)(H,36,41)/t26-,28-/m0/s1. The number of ketones is 1. The molecule has 3 amide bonds. The van der Waals surface area contributed by atoms with Crippen LogP contribution in [0.2, 0.25) is 0 Å². The molecule has 1 aliphatic carbocycles. The Bertz CT molecular complexity index is 1490. The number of carbonyl (C=O) groups excluding carboxylic acids is 4. The molecular formula is C33H36N4O5. The molecule has 0 bridgehead atoms. The van der Waals surface area contributed by atoms with Gasteiger partial charge in [0.2, 0.25) is 17.7 Å². The maximum absolute atomic E-state index is 13.7. The third-order valence-corrected chi connectivity index (χ3v) is 8.09. The average Bonchev–Trinajstić information content (AvgIpc) is 3.46. The van der Waals surface area contributed by atoms with Crippen LogP contribution in [-0.4, -0.2) is 52.1 Å². The van der Waals surface area contributed by atoms with Crippen LogP contribution in [0.15, 0.2) is 66.7 Å². The molecule has 218 valence electrons. The van der Waals surface area contributed by atoms with E-state index in [0.717, 1.165) is 41.5 Å². The van der Waals surface area contributed by atoms with Gasteiger partial charge in [-0.15, -0.1) is 0 Å².